The molecule has 8 heteroatoms. The molecule has 1 aliphatic carbocycles. The highest BCUT2D eigenvalue weighted by atomic mass is 32.2. The summed E-state index contributed by atoms with van der Waals surface area (Å²) >= 11 is 4.91. The SMILES string of the molecule is COC(=O)c1c(NC(=O)CCSC2=NCCS2)sc2c1CCC(C)C2. The number of hydrogen-bond donors (Lipinski definition) is 1. The van der Waals surface area contributed by atoms with Crippen LogP contribution in [0.5, 0.6) is 0 Å². The van der Waals surface area contributed by atoms with E-state index in [0.717, 1.165) is 41.5 Å². The number of esters is 1. The molecule has 1 aliphatic heterocycles. The van der Waals surface area contributed by atoms with Crippen LogP contribution in [0.2, 0.25) is 0 Å². The van der Waals surface area contributed by atoms with Crippen molar-refractivity contribution in [2.75, 3.05) is 30.5 Å². The Morgan fingerprint density at radius 2 is 2.28 bits per heavy atom. The van der Waals surface area contributed by atoms with Crippen molar-refractivity contribution >= 4 is 56.1 Å². The van der Waals surface area contributed by atoms with Gasteiger partial charge in [-0.15, -0.1) is 11.3 Å². The summed E-state index contributed by atoms with van der Waals surface area (Å²) in [6.45, 7) is 3.10. The summed E-state index contributed by atoms with van der Waals surface area (Å²) in [6, 6.07) is 0. The number of carbonyl (C=O) groups is 2. The molecule has 0 saturated heterocycles. The van der Waals surface area contributed by atoms with Crippen molar-refractivity contribution in [2.45, 2.75) is 32.6 Å². The van der Waals surface area contributed by atoms with Crippen LogP contribution in [0.1, 0.15) is 40.6 Å². The summed E-state index contributed by atoms with van der Waals surface area (Å²) in [5, 5.41) is 3.59. The lowest BCUT2D eigenvalue weighted by Gasteiger charge is -2.18. The molecule has 2 aliphatic rings. The molecular weight excluding hydrogens is 376 g/mol. The number of rotatable bonds is 5. The van der Waals surface area contributed by atoms with Gasteiger partial charge >= 0.3 is 5.97 Å². The Bertz CT molecular complexity index is 700. The van der Waals surface area contributed by atoms with Crippen LogP contribution < -0.4 is 5.32 Å². The van der Waals surface area contributed by atoms with Crippen LogP contribution >= 0.6 is 34.9 Å². The van der Waals surface area contributed by atoms with Gasteiger partial charge in [-0.05, 0) is 30.7 Å². The van der Waals surface area contributed by atoms with Gasteiger partial charge in [0.1, 0.15) is 9.38 Å². The van der Waals surface area contributed by atoms with Gasteiger partial charge in [0.2, 0.25) is 5.91 Å². The Kier molecular flexibility index (Phi) is 6.46. The van der Waals surface area contributed by atoms with Gasteiger partial charge in [0.15, 0.2) is 0 Å². The predicted molar refractivity (Wildman–Crippen MR) is 107 cm³/mol. The smallest absolute Gasteiger partial charge is 0.341 e. The van der Waals surface area contributed by atoms with E-state index < -0.39 is 0 Å². The van der Waals surface area contributed by atoms with E-state index in [0.29, 0.717) is 28.7 Å². The predicted octanol–water partition coefficient (Wildman–Crippen LogP) is 3.82. The van der Waals surface area contributed by atoms with Crippen LogP contribution in [-0.2, 0) is 22.4 Å². The maximum Gasteiger partial charge on any atom is 0.341 e. The second kappa shape index (κ2) is 8.60. The summed E-state index contributed by atoms with van der Waals surface area (Å²) < 4.78 is 6.03. The van der Waals surface area contributed by atoms with Gasteiger partial charge in [-0.2, -0.15) is 0 Å². The quantitative estimate of drug-likeness (QED) is 0.764. The molecule has 2 heterocycles. The summed E-state index contributed by atoms with van der Waals surface area (Å²) in [6.07, 6.45) is 3.31. The monoisotopic (exact) mass is 398 g/mol. The average Bonchev–Trinajstić information content (AvgIpc) is 3.21. The first-order chi connectivity index (χ1) is 12.1. The minimum Gasteiger partial charge on any atom is -0.465 e. The first-order valence-electron chi connectivity index (χ1n) is 8.41. The fourth-order valence-corrected chi connectivity index (χ4v) is 6.41. The molecule has 25 heavy (non-hydrogen) atoms. The summed E-state index contributed by atoms with van der Waals surface area (Å²) in [5.74, 6) is 1.94. The summed E-state index contributed by atoms with van der Waals surface area (Å²) in [4.78, 5) is 30.1. The Balaban J connectivity index is 1.66. The van der Waals surface area contributed by atoms with E-state index in [-0.39, 0.29) is 11.9 Å². The number of hydrogen-bond acceptors (Lipinski definition) is 7. The topological polar surface area (TPSA) is 67.8 Å². The minimum absolute atomic E-state index is 0.0621. The zero-order chi connectivity index (χ0) is 17.8. The number of aliphatic imine (C=N–C) groups is 1. The van der Waals surface area contributed by atoms with Crippen LogP contribution in [0.25, 0.3) is 0 Å². The molecule has 136 valence electrons. The summed E-state index contributed by atoms with van der Waals surface area (Å²) in [7, 11) is 1.39. The minimum atomic E-state index is -0.353. The maximum absolute atomic E-state index is 12.3. The maximum atomic E-state index is 12.3. The number of methoxy groups -OCH3 is 1. The van der Waals surface area contributed by atoms with Gasteiger partial charge < -0.3 is 10.1 Å². The van der Waals surface area contributed by atoms with Gasteiger partial charge in [-0.3, -0.25) is 9.79 Å². The number of ether oxygens (including phenoxy) is 1. The van der Waals surface area contributed by atoms with Crippen molar-refractivity contribution in [1.29, 1.82) is 0 Å². The van der Waals surface area contributed by atoms with Crippen molar-refractivity contribution in [3.05, 3.63) is 16.0 Å². The fourth-order valence-electron chi connectivity index (χ4n) is 2.98. The molecule has 0 spiro atoms. The Labute approximate surface area is 160 Å². The number of amides is 1. The molecule has 1 atom stereocenters. The molecule has 0 saturated carbocycles. The van der Waals surface area contributed by atoms with E-state index in [2.05, 4.69) is 17.2 Å². The standard InChI is InChI=1S/C17H22N2O3S3/c1-10-3-4-11-12(9-10)25-15(14(11)16(21)22-2)19-13(20)5-7-23-17-18-6-8-24-17/h10H,3-9H2,1-2H3,(H,19,20). The Hall–Kier alpha value is -0.990. The number of fused-ring (bicyclic) bond motifs is 1. The number of nitrogens with one attached hydrogen (secondary N) is 1. The molecular formula is C17H22N2O3S3. The van der Waals surface area contributed by atoms with Crippen LogP contribution in [0.3, 0.4) is 0 Å². The molecule has 0 bridgehead atoms. The van der Waals surface area contributed by atoms with Gasteiger partial charge in [0, 0.05) is 22.8 Å². The van der Waals surface area contributed by atoms with E-state index in [1.54, 1.807) is 23.5 Å². The third-order valence-electron chi connectivity index (χ3n) is 4.27. The molecule has 1 aromatic rings. The van der Waals surface area contributed by atoms with Gasteiger partial charge in [-0.1, -0.05) is 30.4 Å². The zero-order valence-electron chi connectivity index (χ0n) is 14.4. The van der Waals surface area contributed by atoms with Gasteiger partial charge in [0.05, 0.1) is 19.2 Å². The molecule has 0 aromatic carbocycles. The number of carbonyl (C=O) groups excluding carboxylic acids is 2. The zero-order valence-corrected chi connectivity index (χ0v) is 16.9. The van der Waals surface area contributed by atoms with Crippen molar-refractivity contribution in [1.82, 2.24) is 0 Å². The number of thiophene rings is 1. The highest BCUT2D eigenvalue weighted by Gasteiger charge is 2.28. The van der Waals surface area contributed by atoms with Crippen LogP contribution in [-0.4, -0.2) is 41.4 Å². The van der Waals surface area contributed by atoms with E-state index in [9.17, 15) is 9.59 Å². The first kappa shape index (κ1) is 18.8. The molecule has 3 rings (SSSR count). The van der Waals surface area contributed by atoms with Crippen molar-refractivity contribution in [3.8, 4) is 0 Å². The number of thioether (sulfide) groups is 2. The normalized spacial score (nSPS) is 19.3. The Morgan fingerprint density at radius 1 is 1.44 bits per heavy atom. The highest BCUT2D eigenvalue weighted by molar-refractivity contribution is 8.39. The Morgan fingerprint density at radius 3 is 3.00 bits per heavy atom. The third-order valence-corrected chi connectivity index (χ3v) is 7.69. The van der Waals surface area contributed by atoms with Crippen LogP contribution in [0.15, 0.2) is 4.99 Å². The second-order valence-corrected chi connectivity index (χ2v) is 9.72. The third kappa shape index (κ3) is 4.60. The largest absolute Gasteiger partial charge is 0.465 e. The van der Waals surface area contributed by atoms with Gasteiger partial charge in [-0.25, -0.2) is 4.79 Å². The molecule has 5 nitrogen and oxygen atoms in total. The van der Waals surface area contributed by atoms with E-state index in [1.165, 1.54) is 23.3 Å². The lowest BCUT2D eigenvalue weighted by Crippen LogP contribution is -2.16. The molecule has 0 fully saturated rings. The fraction of sp³-hybridized carbons (Fsp3) is 0.588. The van der Waals surface area contributed by atoms with Crippen LogP contribution in [0, 0.1) is 5.92 Å². The highest BCUT2D eigenvalue weighted by Crippen LogP contribution is 2.40. The first-order valence-corrected chi connectivity index (χ1v) is 11.2. The van der Waals surface area contributed by atoms with Crippen molar-refractivity contribution < 1.29 is 14.3 Å². The van der Waals surface area contributed by atoms with Gasteiger partial charge in [0.25, 0.3) is 0 Å². The molecule has 1 unspecified atom stereocenters. The van der Waals surface area contributed by atoms with Crippen molar-refractivity contribution in [3.63, 3.8) is 0 Å². The second-order valence-electron chi connectivity index (χ2n) is 6.19. The lowest BCUT2D eigenvalue weighted by molar-refractivity contribution is -0.115. The summed E-state index contributed by atoms with van der Waals surface area (Å²) in [5.41, 5.74) is 1.63. The number of anilines is 1. The van der Waals surface area contributed by atoms with Crippen LogP contribution in [0.4, 0.5) is 5.00 Å². The van der Waals surface area contributed by atoms with Crippen molar-refractivity contribution in [2.24, 2.45) is 10.9 Å². The average molecular weight is 399 g/mol. The molecule has 1 amide bonds. The van der Waals surface area contributed by atoms with E-state index in [1.807, 2.05) is 0 Å². The molecule has 1 aromatic heterocycles. The van der Waals surface area contributed by atoms with E-state index >= 15 is 0 Å². The molecule has 1 N–H and O–H groups in total. The number of nitrogens with zero attached hydrogens (tertiary/aromatic N) is 1. The van der Waals surface area contributed by atoms with E-state index in [4.69, 9.17) is 4.74 Å². The molecule has 0 radical (unpaired) electrons. The lowest BCUT2D eigenvalue weighted by atomic mass is 9.88.